The van der Waals surface area contributed by atoms with Gasteiger partial charge in [-0.1, -0.05) is 0 Å². The van der Waals surface area contributed by atoms with E-state index >= 15 is 0 Å². The highest BCUT2D eigenvalue weighted by Gasteiger charge is 2.43. The first-order chi connectivity index (χ1) is 15.7. The lowest BCUT2D eigenvalue weighted by Crippen LogP contribution is -2.55. The van der Waals surface area contributed by atoms with Crippen LogP contribution < -0.4 is 0 Å². The van der Waals surface area contributed by atoms with Crippen LogP contribution in [0.4, 0.5) is 4.39 Å². The predicted molar refractivity (Wildman–Crippen MR) is 126 cm³/mol. The van der Waals surface area contributed by atoms with Crippen molar-refractivity contribution in [1.29, 1.82) is 0 Å². The Kier molecular flexibility index (Phi) is 5.61. The molecule has 174 valence electrons. The molecule has 0 radical (unpaired) electrons. The third kappa shape index (κ3) is 4.34. The summed E-state index contributed by atoms with van der Waals surface area (Å²) >= 11 is 1.51. The molecular formula is C25H29FN4O2S. The molecule has 33 heavy (non-hydrogen) atoms. The fraction of sp³-hybridized carbons (Fsp3) is 0.480. The largest absolute Gasteiger partial charge is 0.380 e. The van der Waals surface area contributed by atoms with Crippen molar-refractivity contribution in [3.63, 3.8) is 0 Å². The molecule has 2 fully saturated rings. The van der Waals surface area contributed by atoms with E-state index in [0.29, 0.717) is 6.42 Å². The maximum Gasteiger partial charge on any atom is 0.228 e. The molecule has 6 nitrogen and oxygen atoms in total. The summed E-state index contributed by atoms with van der Waals surface area (Å²) in [5, 5.41) is 7.42. The average molecular weight is 469 g/mol. The lowest BCUT2D eigenvalue weighted by atomic mass is 9.78. The molecule has 2 aliphatic heterocycles. The molecule has 4 heterocycles. The van der Waals surface area contributed by atoms with Gasteiger partial charge in [0.1, 0.15) is 10.8 Å². The molecule has 0 unspecified atom stereocenters. The van der Waals surface area contributed by atoms with Crippen LogP contribution in [0.2, 0.25) is 0 Å². The van der Waals surface area contributed by atoms with Crippen LogP contribution in [0.25, 0.3) is 21.8 Å². The highest BCUT2D eigenvalue weighted by Crippen LogP contribution is 2.38. The van der Waals surface area contributed by atoms with Crippen LogP contribution in [-0.2, 0) is 21.5 Å². The maximum atomic E-state index is 13.6. The van der Waals surface area contributed by atoms with Gasteiger partial charge in [0.2, 0.25) is 5.91 Å². The molecule has 5 rings (SSSR count). The monoisotopic (exact) mass is 468 g/mol. The van der Waals surface area contributed by atoms with Gasteiger partial charge >= 0.3 is 0 Å². The highest BCUT2D eigenvalue weighted by molar-refractivity contribution is 7.13. The van der Waals surface area contributed by atoms with Crippen molar-refractivity contribution in [2.75, 3.05) is 26.3 Å². The predicted octanol–water partition coefficient (Wildman–Crippen LogP) is 4.75. The van der Waals surface area contributed by atoms with E-state index in [0.717, 1.165) is 66.7 Å². The van der Waals surface area contributed by atoms with Crippen LogP contribution in [0.3, 0.4) is 0 Å². The number of amides is 1. The number of halogens is 1. The highest BCUT2D eigenvalue weighted by atomic mass is 32.1. The van der Waals surface area contributed by atoms with Crippen molar-refractivity contribution < 1.29 is 13.9 Å². The van der Waals surface area contributed by atoms with Crippen LogP contribution in [0.15, 0.2) is 35.8 Å². The third-order valence-corrected chi connectivity index (χ3v) is 7.39. The maximum absolute atomic E-state index is 13.6. The summed E-state index contributed by atoms with van der Waals surface area (Å²) in [6.07, 6.45) is 4.29. The number of nitrogens with zero attached hydrogens (tertiary/aromatic N) is 4. The molecule has 8 heteroatoms. The van der Waals surface area contributed by atoms with Crippen LogP contribution >= 0.6 is 11.3 Å². The number of carbonyl (C=O) groups excluding carboxylic acids is 1. The topological polar surface area (TPSA) is 60.2 Å². The molecule has 2 saturated heterocycles. The Morgan fingerprint density at radius 1 is 1.24 bits per heavy atom. The zero-order valence-corrected chi connectivity index (χ0v) is 20.1. The number of rotatable bonds is 4. The van der Waals surface area contributed by atoms with Crippen LogP contribution in [-0.4, -0.2) is 51.9 Å². The van der Waals surface area contributed by atoms with Gasteiger partial charge in [0.15, 0.2) is 0 Å². The number of benzene rings is 1. The Bertz CT molecular complexity index is 1160. The molecule has 3 aromatic rings. The second kappa shape index (κ2) is 8.33. The molecular weight excluding hydrogens is 439 g/mol. The van der Waals surface area contributed by atoms with E-state index in [2.05, 4.69) is 25.9 Å². The number of hydrogen-bond acceptors (Lipinski definition) is 5. The Morgan fingerprint density at radius 3 is 2.67 bits per heavy atom. The number of thiazole rings is 1. The first kappa shape index (κ1) is 22.2. The molecule has 2 aliphatic rings. The van der Waals surface area contributed by atoms with Crippen LogP contribution in [0, 0.1) is 11.2 Å². The summed E-state index contributed by atoms with van der Waals surface area (Å²) in [4.78, 5) is 19.8. The van der Waals surface area contributed by atoms with Crippen LogP contribution in [0.5, 0.6) is 0 Å². The van der Waals surface area contributed by atoms with Crippen LogP contribution in [0.1, 0.15) is 39.3 Å². The summed E-state index contributed by atoms with van der Waals surface area (Å²) in [6.45, 7) is 9.38. The summed E-state index contributed by atoms with van der Waals surface area (Å²) in [6, 6.07) is 6.46. The molecule has 1 spiro atoms. The van der Waals surface area contributed by atoms with Gasteiger partial charge in [0, 0.05) is 29.4 Å². The normalized spacial score (nSPS) is 17.9. The van der Waals surface area contributed by atoms with Gasteiger partial charge in [-0.05, 0) is 57.9 Å². The van der Waals surface area contributed by atoms with Gasteiger partial charge in [-0.15, -0.1) is 11.3 Å². The molecule has 0 atom stereocenters. The molecule has 0 bridgehead atoms. The SMILES string of the molecule is CC(C)(C)n1ncc(-c2nc(CC(=O)N3CCCC4(COC4)C3)cs2)c1-c1ccc(F)cc1. The minimum Gasteiger partial charge on any atom is -0.380 e. The zero-order valence-electron chi connectivity index (χ0n) is 19.3. The lowest BCUT2D eigenvalue weighted by molar-refractivity contribution is -0.158. The Morgan fingerprint density at radius 2 is 2.00 bits per heavy atom. The first-order valence-corrected chi connectivity index (χ1v) is 12.3. The second-order valence-corrected chi connectivity index (χ2v) is 11.1. The molecule has 0 saturated carbocycles. The summed E-state index contributed by atoms with van der Waals surface area (Å²) in [5.74, 6) is -0.146. The summed E-state index contributed by atoms with van der Waals surface area (Å²) in [7, 11) is 0. The number of likely N-dealkylation sites (tertiary alicyclic amines) is 1. The van der Waals surface area contributed by atoms with Gasteiger partial charge in [0.25, 0.3) is 0 Å². The van der Waals surface area contributed by atoms with Crippen molar-refractivity contribution in [2.24, 2.45) is 5.41 Å². The summed E-state index contributed by atoms with van der Waals surface area (Å²) < 4.78 is 20.9. The van der Waals surface area contributed by atoms with E-state index in [4.69, 9.17) is 9.72 Å². The minimum absolute atomic E-state index is 0.127. The Balaban J connectivity index is 1.40. The smallest absolute Gasteiger partial charge is 0.228 e. The standard InChI is InChI=1S/C25H29FN4O2S/c1-24(2,3)30-22(17-5-7-18(26)8-6-17)20(12-27-30)23-28-19(13-33-23)11-21(31)29-10-4-9-25(14-29)15-32-16-25/h5-8,12-13H,4,9-11,14-16H2,1-3H3. The first-order valence-electron chi connectivity index (χ1n) is 11.4. The molecule has 2 aromatic heterocycles. The van der Waals surface area contributed by atoms with E-state index in [9.17, 15) is 9.18 Å². The van der Waals surface area contributed by atoms with Crippen molar-refractivity contribution in [1.82, 2.24) is 19.7 Å². The Labute approximate surface area is 197 Å². The van der Waals surface area contributed by atoms with E-state index in [1.54, 1.807) is 12.1 Å². The fourth-order valence-corrected chi connectivity index (χ4v) is 5.55. The van der Waals surface area contributed by atoms with Crippen molar-refractivity contribution in [2.45, 2.75) is 45.6 Å². The fourth-order valence-electron chi connectivity index (χ4n) is 4.72. The van der Waals surface area contributed by atoms with E-state index in [1.165, 1.54) is 23.5 Å². The quantitative estimate of drug-likeness (QED) is 0.555. The Hall–Kier alpha value is -2.58. The van der Waals surface area contributed by atoms with Gasteiger partial charge < -0.3 is 9.64 Å². The molecule has 0 aliphatic carbocycles. The number of aromatic nitrogens is 3. The molecule has 1 amide bonds. The summed E-state index contributed by atoms with van der Waals surface area (Å²) in [5.41, 5.74) is 3.37. The van der Waals surface area contributed by atoms with Crippen molar-refractivity contribution >= 4 is 17.2 Å². The van der Waals surface area contributed by atoms with Gasteiger partial charge in [-0.3, -0.25) is 9.48 Å². The number of carbonyl (C=O) groups is 1. The minimum atomic E-state index is -0.273. The molecule has 0 N–H and O–H groups in total. The van der Waals surface area contributed by atoms with E-state index in [1.807, 2.05) is 21.2 Å². The average Bonchev–Trinajstić information content (AvgIpc) is 3.40. The number of piperidine rings is 1. The second-order valence-electron chi connectivity index (χ2n) is 10.2. The van der Waals surface area contributed by atoms with Gasteiger partial charge in [-0.25, -0.2) is 9.37 Å². The van der Waals surface area contributed by atoms with Gasteiger partial charge in [-0.2, -0.15) is 5.10 Å². The third-order valence-electron chi connectivity index (χ3n) is 6.47. The lowest BCUT2D eigenvalue weighted by Gasteiger charge is -2.48. The van der Waals surface area contributed by atoms with E-state index < -0.39 is 0 Å². The van der Waals surface area contributed by atoms with Crippen molar-refractivity contribution in [3.05, 3.63) is 47.4 Å². The zero-order chi connectivity index (χ0) is 23.2. The number of ether oxygens (including phenoxy) is 1. The number of hydrogen-bond donors (Lipinski definition) is 0. The van der Waals surface area contributed by atoms with Gasteiger partial charge in [0.05, 0.1) is 48.3 Å². The van der Waals surface area contributed by atoms with E-state index in [-0.39, 0.29) is 22.7 Å². The molecule has 1 aromatic carbocycles. The van der Waals surface area contributed by atoms with Crippen molar-refractivity contribution in [3.8, 4) is 21.8 Å².